The van der Waals surface area contributed by atoms with Crippen LogP contribution in [0, 0.1) is 0 Å². The lowest BCUT2D eigenvalue weighted by molar-refractivity contribution is 0.163. The highest BCUT2D eigenvalue weighted by Gasteiger charge is 2.25. The number of nitrogens with zero attached hydrogens (tertiary/aromatic N) is 1. The van der Waals surface area contributed by atoms with Crippen LogP contribution < -0.4 is 5.32 Å². The van der Waals surface area contributed by atoms with Crippen LogP contribution in [0.4, 0.5) is 0 Å². The number of hydrogen-bond acceptors (Lipinski definition) is 2. The monoisotopic (exact) mass is 300 g/mol. The van der Waals surface area contributed by atoms with Gasteiger partial charge >= 0.3 is 0 Å². The van der Waals surface area contributed by atoms with Gasteiger partial charge in [0.1, 0.15) is 0 Å². The van der Waals surface area contributed by atoms with Gasteiger partial charge < -0.3 is 5.32 Å². The SMILES string of the molecule is CCCC[C@@H](c1c(Cl)cccc1Cl)N1CCNCC1. The van der Waals surface area contributed by atoms with Crippen LogP contribution in [0.3, 0.4) is 0 Å². The molecule has 1 aromatic carbocycles. The Labute approximate surface area is 126 Å². The van der Waals surface area contributed by atoms with Crippen molar-refractivity contribution in [3.63, 3.8) is 0 Å². The summed E-state index contributed by atoms with van der Waals surface area (Å²) in [6, 6.07) is 6.17. The van der Waals surface area contributed by atoms with Crippen molar-refractivity contribution in [1.29, 1.82) is 0 Å². The predicted octanol–water partition coefficient (Wildman–Crippen LogP) is 4.13. The average Bonchev–Trinajstić information content (AvgIpc) is 2.43. The molecular formula is C15H22Cl2N2. The van der Waals surface area contributed by atoms with E-state index in [0.717, 1.165) is 48.2 Å². The Hall–Kier alpha value is -0.280. The van der Waals surface area contributed by atoms with E-state index in [1.54, 1.807) is 0 Å². The standard InChI is InChI=1S/C15H22Cl2N2/c1-2-3-7-14(19-10-8-18-9-11-19)15-12(16)5-4-6-13(15)17/h4-6,14,18H,2-3,7-11H2,1H3/t14-/m0/s1. The van der Waals surface area contributed by atoms with Crippen molar-refractivity contribution in [3.8, 4) is 0 Å². The van der Waals surface area contributed by atoms with Gasteiger partial charge in [-0.3, -0.25) is 4.90 Å². The number of unbranched alkanes of at least 4 members (excludes halogenated alkanes) is 1. The van der Waals surface area contributed by atoms with Crippen LogP contribution in [0.1, 0.15) is 37.8 Å². The second kappa shape index (κ2) is 7.49. The fourth-order valence-corrected chi connectivity index (χ4v) is 3.38. The molecule has 1 heterocycles. The molecule has 1 N–H and O–H groups in total. The van der Waals surface area contributed by atoms with Crippen LogP contribution in [-0.2, 0) is 0 Å². The number of hydrogen-bond donors (Lipinski definition) is 1. The van der Waals surface area contributed by atoms with Crippen molar-refractivity contribution < 1.29 is 0 Å². The molecule has 0 spiro atoms. The van der Waals surface area contributed by atoms with E-state index in [-0.39, 0.29) is 0 Å². The van der Waals surface area contributed by atoms with Gasteiger partial charge in [0, 0.05) is 47.8 Å². The first kappa shape index (κ1) is 15.1. The van der Waals surface area contributed by atoms with Gasteiger partial charge in [0.25, 0.3) is 0 Å². The highest BCUT2D eigenvalue weighted by atomic mass is 35.5. The van der Waals surface area contributed by atoms with Crippen LogP contribution in [0.2, 0.25) is 10.0 Å². The maximum absolute atomic E-state index is 6.40. The average molecular weight is 301 g/mol. The fourth-order valence-electron chi connectivity index (χ4n) is 2.73. The van der Waals surface area contributed by atoms with Crippen LogP contribution >= 0.6 is 23.2 Å². The Morgan fingerprint density at radius 3 is 2.42 bits per heavy atom. The zero-order valence-corrected chi connectivity index (χ0v) is 13.0. The van der Waals surface area contributed by atoms with Gasteiger partial charge in [-0.15, -0.1) is 0 Å². The molecule has 19 heavy (non-hydrogen) atoms. The summed E-state index contributed by atoms with van der Waals surface area (Å²) in [7, 11) is 0. The topological polar surface area (TPSA) is 15.3 Å². The third-order valence-corrected chi connectivity index (χ3v) is 4.42. The Balaban J connectivity index is 2.25. The Morgan fingerprint density at radius 1 is 1.21 bits per heavy atom. The van der Waals surface area contributed by atoms with E-state index in [2.05, 4.69) is 17.1 Å². The van der Waals surface area contributed by atoms with Crippen LogP contribution in [0.15, 0.2) is 18.2 Å². The molecule has 1 aromatic rings. The first-order valence-corrected chi connectivity index (χ1v) is 7.88. The predicted molar refractivity (Wildman–Crippen MR) is 83.2 cm³/mol. The first-order valence-electron chi connectivity index (χ1n) is 7.12. The molecule has 1 aliphatic rings. The lowest BCUT2D eigenvalue weighted by atomic mass is 9.98. The zero-order valence-electron chi connectivity index (χ0n) is 11.5. The van der Waals surface area contributed by atoms with Gasteiger partial charge in [0.2, 0.25) is 0 Å². The quantitative estimate of drug-likeness (QED) is 0.879. The molecule has 2 rings (SSSR count). The fraction of sp³-hybridized carbons (Fsp3) is 0.600. The molecule has 0 unspecified atom stereocenters. The molecular weight excluding hydrogens is 279 g/mol. The maximum Gasteiger partial charge on any atom is 0.0468 e. The third-order valence-electron chi connectivity index (χ3n) is 3.76. The molecule has 0 bridgehead atoms. The molecule has 0 saturated carbocycles. The van der Waals surface area contributed by atoms with Gasteiger partial charge in [0.15, 0.2) is 0 Å². The van der Waals surface area contributed by atoms with E-state index in [9.17, 15) is 0 Å². The zero-order chi connectivity index (χ0) is 13.7. The van der Waals surface area contributed by atoms with Crippen LogP contribution in [-0.4, -0.2) is 31.1 Å². The highest BCUT2D eigenvalue weighted by Crippen LogP contribution is 2.36. The lowest BCUT2D eigenvalue weighted by Crippen LogP contribution is -2.45. The third kappa shape index (κ3) is 3.85. The molecule has 4 heteroatoms. The second-order valence-electron chi connectivity index (χ2n) is 5.08. The molecule has 2 nitrogen and oxygen atoms in total. The Morgan fingerprint density at radius 2 is 1.84 bits per heavy atom. The summed E-state index contributed by atoms with van der Waals surface area (Å²) in [6.07, 6.45) is 3.53. The van der Waals surface area contributed by atoms with E-state index in [1.165, 1.54) is 12.8 Å². The molecule has 1 fully saturated rings. The van der Waals surface area contributed by atoms with Gasteiger partial charge in [0.05, 0.1) is 0 Å². The molecule has 1 saturated heterocycles. The summed E-state index contributed by atoms with van der Waals surface area (Å²) in [6.45, 7) is 6.45. The molecule has 0 aliphatic carbocycles. The molecule has 1 atom stereocenters. The molecule has 106 valence electrons. The number of benzene rings is 1. The summed E-state index contributed by atoms with van der Waals surface area (Å²) in [5.41, 5.74) is 1.11. The molecule has 0 aromatic heterocycles. The van der Waals surface area contributed by atoms with Crippen LogP contribution in [0.5, 0.6) is 0 Å². The van der Waals surface area contributed by atoms with E-state index >= 15 is 0 Å². The first-order chi connectivity index (χ1) is 9.24. The van der Waals surface area contributed by atoms with Crippen molar-refractivity contribution in [2.45, 2.75) is 32.2 Å². The summed E-state index contributed by atoms with van der Waals surface area (Å²) in [5.74, 6) is 0. The van der Waals surface area contributed by atoms with Crippen molar-refractivity contribution in [1.82, 2.24) is 10.2 Å². The number of rotatable bonds is 5. The minimum Gasteiger partial charge on any atom is -0.314 e. The van der Waals surface area contributed by atoms with Gasteiger partial charge in [-0.05, 0) is 18.6 Å². The van der Waals surface area contributed by atoms with E-state index in [1.807, 2.05) is 18.2 Å². The van der Waals surface area contributed by atoms with E-state index in [0.29, 0.717) is 6.04 Å². The summed E-state index contributed by atoms with van der Waals surface area (Å²) >= 11 is 12.8. The summed E-state index contributed by atoms with van der Waals surface area (Å²) in [5, 5.41) is 5.00. The van der Waals surface area contributed by atoms with Crippen molar-refractivity contribution in [2.24, 2.45) is 0 Å². The van der Waals surface area contributed by atoms with E-state index < -0.39 is 0 Å². The Kier molecular flexibility index (Phi) is 5.96. The number of piperazine rings is 1. The lowest BCUT2D eigenvalue weighted by Gasteiger charge is -2.36. The minimum absolute atomic E-state index is 0.350. The largest absolute Gasteiger partial charge is 0.314 e. The number of nitrogens with one attached hydrogen (secondary N) is 1. The van der Waals surface area contributed by atoms with Crippen molar-refractivity contribution in [3.05, 3.63) is 33.8 Å². The van der Waals surface area contributed by atoms with Crippen molar-refractivity contribution in [2.75, 3.05) is 26.2 Å². The van der Waals surface area contributed by atoms with Gasteiger partial charge in [-0.25, -0.2) is 0 Å². The normalized spacial score (nSPS) is 18.5. The smallest absolute Gasteiger partial charge is 0.0468 e. The van der Waals surface area contributed by atoms with Gasteiger partial charge in [-0.2, -0.15) is 0 Å². The van der Waals surface area contributed by atoms with Gasteiger partial charge in [-0.1, -0.05) is 49.0 Å². The number of halogens is 2. The molecule has 0 radical (unpaired) electrons. The maximum atomic E-state index is 6.40. The van der Waals surface area contributed by atoms with Crippen LogP contribution in [0.25, 0.3) is 0 Å². The van der Waals surface area contributed by atoms with Crippen molar-refractivity contribution >= 4 is 23.2 Å². The summed E-state index contributed by atoms with van der Waals surface area (Å²) < 4.78 is 0. The summed E-state index contributed by atoms with van der Waals surface area (Å²) in [4.78, 5) is 2.51. The Bertz CT molecular complexity index is 383. The minimum atomic E-state index is 0.350. The molecule has 1 aliphatic heterocycles. The molecule has 0 amide bonds. The second-order valence-corrected chi connectivity index (χ2v) is 5.89. The highest BCUT2D eigenvalue weighted by molar-refractivity contribution is 6.36. The van der Waals surface area contributed by atoms with E-state index in [4.69, 9.17) is 23.2 Å².